The van der Waals surface area contributed by atoms with Crippen molar-refractivity contribution in [3.8, 4) is 5.88 Å². The van der Waals surface area contributed by atoms with Crippen LogP contribution in [0.15, 0.2) is 53.1 Å². The fourth-order valence-electron chi connectivity index (χ4n) is 3.31. The van der Waals surface area contributed by atoms with Gasteiger partial charge < -0.3 is 20.1 Å². The number of thioether (sulfide) groups is 1. The first-order valence-corrected chi connectivity index (χ1v) is 13.5. The van der Waals surface area contributed by atoms with Crippen molar-refractivity contribution in [3.05, 3.63) is 64.4 Å². The Labute approximate surface area is 225 Å². The standard InChI is InChI=1S/C24H24F2N6O4S2/c1-14-6-5-9-37-24(32-20(33)15-7-3-2-4-8-15)29-17(12-35-14)22-31-18(13-38-22)30-21(34)16-10-28-19(11-27-16)36-23(25)26/h2-4,7-8,10-11,13-14,17,23H,5-6,9,12H2,1H3,(H,30,34)(H,29,32,33). The van der Waals surface area contributed by atoms with Crippen LogP contribution in [-0.4, -0.2) is 57.0 Å². The number of anilines is 1. The van der Waals surface area contributed by atoms with Gasteiger partial charge in [0, 0.05) is 16.7 Å². The number of hydrogen-bond acceptors (Lipinski definition) is 10. The van der Waals surface area contributed by atoms with Crippen molar-refractivity contribution in [2.75, 3.05) is 17.7 Å². The van der Waals surface area contributed by atoms with Gasteiger partial charge in [0.05, 0.1) is 25.1 Å². The minimum absolute atomic E-state index is 0.0310. The molecule has 0 saturated heterocycles. The van der Waals surface area contributed by atoms with Crippen molar-refractivity contribution < 1.29 is 27.8 Å². The normalized spacial score (nSPS) is 18.4. The van der Waals surface area contributed by atoms with E-state index in [-0.39, 0.29) is 30.1 Å². The highest BCUT2D eigenvalue weighted by Gasteiger charge is 2.22. The summed E-state index contributed by atoms with van der Waals surface area (Å²) in [4.78, 5) is 41.9. The van der Waals surface area contributed by atoms with Crippen molar-refractivity contribution in [2.45, 2.75) is 38.5 Å². The van der Waals surface area contributed by atoms with E-state index in [2.05, 4.69) is 30.3 Å². The van der Waals surface area contributed by atoms with Gasteiger partial charge in [0.2, 0.25) is 5.88 Å². The lowest BCUT2D eigenvalue weighted by atomic mass is 10.2. The van der Waals surface area contributed by atoms with Gasteiger partial charge >= 0.3 is 6.61 Å². The van der Waals surface area contributed by atoms with Crippen LogP contribution in [0, 0.1) is 0 Å². The number of benzene rings is 1. The molecule has 3 aromatic rings. The summed E-state index contributed by atoms with van der Waals surface area (Å²) in [7, 11) is 0. The molecule has 0 saturated carbocycles. The molecule has 14 heteroatoms. The summed E-state index contributed by atoms with van der Waals surface area (Å²) in [5, 5.41) is 8.18. The van der Waals surface area contributed by atoms with E-state index in [4.69, 9.17) is 9.73 Å². The monoisotopic (exact) mass is 562 g/mol. The third kappa shape index (κ3) is 8.00. The number of amides is 2. The number of hydrogen-bond donors (Lipinski definition) is 2. The number of thiazole rings is 1. The number of amidine groups is 1. The zero-order chi connectivity index (χ0) is 26.9. The van der Waals surface area contributed by atoms with Crippen LogP contribution in [-0.2, 0) is 4.74 Å². The van der Waals surface area contributed by atoms with Gasteiger partial charge in [0.1, 0.15) is 22.6 Å². The molecular weight excluding hydrogens is 538 g/mol. The Morgan fingerprint density at radius 2 is 1.95 bits per heavy atom. The van der Waals surface area contributed by atoms with Crippen LogP contribution in [0.4, 0.5) is 14.6 Å². The van der Waals surface area contributed by atoms with Crippen LogP contribution < -0.4 is 15.4 Å². The molecular formula is C24H24F2N6O4S2. The lowest BCUT2D eigenvalue weighted by Crippen LogP contribution is -2.30. The maximum absolute atomic E-state index is 12.7. The van der Waals surface area contributed by atoms with E-state index in [0.29, 0.717) is 15.7 Å². The smallest absolute Gasteiger partial charge is 0.388 e. The fourth-order valence-corrected chi connectivity index (χ4v) is 4.96. The zero-order valence-corrected chi connectivity index (χ0v) is 21.8. The Kier molecular flexibility index (Phi) is 9.67. The molecule has 10 nitrogen and oxygen atoms in total. The third-order valence-corrected chi connectivity index (χ3v) is 7.10. The second-order valence-corrected chi connectivity index (χ2v) is 10.0. The number of nitrogens with zero attached hydrogens (tertiary/aromatic N) is 4. The topological polar surface area (TPSA) is 128 Å². The Bertz CT molecular complexity index is 1260. The Balaban J connectivity index is 1.49. The predicted octanol–water partition coefficient (Wildman–Crippen LogP) is 4.55. The number of halogens is 2. The maximum atomic E-state index is 12.7. The van der Waals surface area contributed by atoms with Crippen LogP contribution in [0.5, 0.6) is 5.88 Å². The van der Waals surface area contributed by atoms with E-state index in [9.17, 15) is 18.4 Å². The summed E-state index contributed by atoms with van der Waals surface area (Å²) in [6.07, 6.45) is 3.76. The summed E-state index contributed by atoms with van der Waals surface area (Å²) in [5.74, 6) is -0.268. The van der Waals surface area contributed by atoms with Gasteiger partial charge in [-0.1, -0.05) is 30.0 Å². The molecule has 1 aliphatic heterocycles. The summed E-state index contributed by atoms with van der Waals surface area (Å²) < 4.78 is 34.7. The molecule has 0 fully saturated rings. The molecule has 2 atom stereocenters. The molecule has 2 N–H and O–H groups in total. The highest BCUT2D eigenvalue weighted by Crippen LogP contribution is 2.27. The summed E-state index contributed by atoms with van der Waals surface area (Å²) in [5.41, 5.74) is 0.419. The number of aromatic nitrogens is 3. The van der Waals surface area contributed by atoms with Gasteiger partial charge in [0.25, 0.3) is 11.8 Å². The number of aliphatic imine (C=N–C) groups is 1. The molecule has 1 aromatic carbocycles. The second-order valence-electron chi connectivity index (χ2n) is 8.05. The fraction of sp³-hybridized carbons (Fsp3) is 0.333. The molecule has 2 aromatic heterocycles. The highest BCUT2D eigenvalue weighted by atomic mass is 32.2. The zero-order valence-electron chi connectivity index (χ0n) is 20.2. The van der Waals surface area contributed by atoms with Crippen LogP contribution in [0.25, 0.3) is 0 Å². The van der Waals surface area contributed by atoms with E-state index in [0.717, 1.165) is 31.0 Å². The van der Waals surface area contributed by atoms with Crippen LogP contribution in [0.2, 0.25) is 0 Å². The number of carbonyl (C=O) groups is 2. The highest BCUT2D eigenvalue weighted by molar-refractivity contribution is 8.13. The van der Waals surface area contributed by atoms with E-state index in [1.807, 2.05) is 13.0 Å². The van der Waals surface area contributed by atoms with Crippen LogP contribution in [0.3, 0.4) is 0 Å². The minimum Gasteiger partial charge on any atom is -0.415 e. The quantitative estimate of drug-likeness (QED) is 0.448. The first kappa shape index (κ1) is 27.5. The van der Waals surface area contributed by atoms with Crippen LogP contribution in [0.1, 0.15) is 51.7 Å². The largest absolute Gasteiger partial charge is 0.415 e. The van der Waals surface area contributed by atoms with Crippen molar-refractivity contribution in [1.29, 1.82) is 0 Å². The second kappa shape index (κ2) is 13.3. The van der Waals surface area contributed by atoms with Crippen molar-refractivity contribution in [3.63, 3.8) is 0 Å². The lowest BCUT2D eigenvalue weighted by molar-refractivity contribution is -0.0531. The van der Waals surface area contributed by atoms with Gasteiger partial charge in [-0.15, -0.1) is 11.3 Å². The molecule has 3 heterocycles. The number of alkyl halides is 2. The predicted molar refractivity (Wildman–Crippen MR) is 140 cm³/mol. The number of carbonyl (C=O) groups excluding carboxylic acids is 2. The van der Waals surface area contributed by atoms with Gasteiger partial charge in [-0.3, -0.25) is 9.59 Å². The Morgan fingerprint density at radius 3 is 2.68 bits per heavy atom. The van der Waals surface area contributed by atoms with Gasteiger partial charge in [-0.2, -0.15) is 8.78 Å². The van der Waals surface area contributed by atoms with E-state index in [1.54, 1.807) is 29.6 Å². The first-order valence-electron chi connectivity index (χ1n) is 11.6. The summed E-state index contributed by atoms with van der Waals surface area (Å²) in [6, 6.07) is 8.35. The molecule has 0 radical (unpaired) electrons. The molecule has 1 aliphatic rings. The molecule has 0 bridgehead atoms. The average Bonchev–Trinajstić information content (AvgIpc) is 3.37. The Hall–Kier alpha value is -3.49. The average molecular weight is 563 g/mol. The van der Waals surface area contributed by atoms with E-state index < -0.39 is 24.4 Å². The molecule has 38 heavy (non-hydrogen) atoms. The minimum atomic E-state index is -3.04. The van der Waals surface area contributed by atoms with Crippen molar-refractivity contribution >= 4 is 45.9 Å². The van der Waals surface area contributed by atoms with Crippen LogP contribution >= 0.6 is 23.1 Å². The summed E-state index contributed by atoms with van der Waals surface area (Å²) in [6.45, 7) is -0.804. The van der Waals surface area contributed by atoms with Gasteiger partial charge in [-0.25, -0.2) is 19.9 Å². The maximum Gasteiger partial charge on any atom is 0.388 e. The van der Waals surface area contributed by atoms with E-state index in [1.165, 1.54) is 23.1 Å². The van der Waals surface area contributed by atoms with Gasteiger partial charge in [-0.05, 0) is 31.9 Å². The molecule has 2 amide bonds. The van der Waals surface area contributed by atoms with Gasteiger partial charge in [0.15, 0.2) is 5.17 Å². The van der Waals surface area contributed by atoms with Crippen molar-refractivity contribution in [1.82, 2.24) is 20.3 Å². The Morgan fingerprint density at radius 1 is 1.13 bits per heavy atom. The molecule has 2 unspecified atom stereocenters. The molecule has 0 spiro atoms. The third-order valence-electron chi connectivity index (χ3n) is 5.18. The number of nitrogens with one attached hydrogen (secondary N) is 2. The molecule has 200 valence electrons. The number of rotatable bonds is 6. The lowest BCUT2D eigenvalue weighted by Gasteiger charge is -2.20. The SMILES string of the molecule is CC1CCCSC(NC(=O)c2ccccc2)=NC(c2nc(NC(=O)c3cnc(OC(F)F)cn3)cs2)CO1. The molecule has 0 aliphatic carbocycles. The molecule has 4 rings (SSSR count). The van der Waals surface area contributed by atoms with Crippen molar-refractivity contribution in [2.24, 2.45) is 4.99 Å². The van der Waals surface area contributed by atoms with E-state index >= 15 is 0 Å². The first-order chi connectivity index (χ1) is 18.4. The number of ether oxygens (including phenoxy) is 2. The summed E-state index contributed by atoms with van der Waals surface area (Å²) >= 11 is 2.73.